The van der Waals surface area contributed by atoms with Crippen LogP contribution in [0.2, 0.25) is 5.02 Å². The lowest BCUT2D eigenvalue weighted by Gasteiger charge is -2.36. The van der Waals surface area contributed by atoms with Gasteiger partial charge in [0.1, 0.15) is 5.69 Å². The van der Waals surface area contributed by atoms with Crippen LogP contribution >= 0.6 is 23.4 Å². The number of thioether (sulfide) groups is 1. The standard InChI is InChI=1S/C49H58ClN7O5S2/c1-53(2)26-22-37-23-27-54(28-24-37)29-25-42(36-63-44-9-4-3-5-10-44)51-47-21-20-45(34-48(47)57(59)60)64(61,62)52-49(58)39-14-18-43(19-15-39)56-32-30-55(31-33-56)35-40-8-6-7-11-46(40)38-12-16-41(50)17-13-38/h3-21,34,37,42,51H,22-33,35-36H2,1-2H3,(H,52,58)/t42-/m1/s1. The van der Waals surface area contributed by atoms with Gasteiger partial charge in [-0.15, -0.1) is 11.8 Å². The molecule has 338 valence electrons. The second-order valence-corrected chi connectivity index (χ2v) is 20.2. The summed E-state index contributed by atoms with van der Waals surface area (Å²) in [6, 6.07) is 36.8. The number of nitrogens with zero attached hydrogens (tertiary/aromatic N) is 5. The normalized spacial score (nSPS) is 15.8. The number of nitro benzene ring substituents is 1. The molecule has 2 N–H and O–H groups in total. The van der Waals surface area contributed by atoms with E-state index in [1.54, 1.807) is 23.9 Å². The van der Waals surface area contributed by atoms with E-state index in [9.17, 15) is 23.3 Å². The third kappa shape index (κ3) is 13.1. The summed E-state index contributed by atoms with van der Waals surface area (Å²) in [4.78, 5) is 35.3. The minimum absolute atomic E-state index is 0.132. The van der Waals surface area contributed by atoms with E-state index in [0.717, 1.165) is 106 Å². The molecule has 15 heteroatoms. The topological polar surface area (TPSA) is 131 Å². The fourth-order valence-electron chi connectivity index (χ4n) is 8.40. The summed E-state index contributed by atoms with van der Waals surface area (Å²) in [5.41, 5.74) is 4.51. The van der Waals surface area contributed by atoms with E-state index in [0.29, 0.717) is 10.8 Å². The zero-order valence-electron chi connectivity index (χ0n) is 36.6. The molecule has 1 atom stereocenters. The van der Waals surface area contributed by atoms with Crippen LogP contribution in [0.3, 0.4) is 0 Å². The predicted octanol–water partition coefficient (Wildman–Crippen LogP) is 8.98. The van der Waals surface area contributed by atoms with Crippen LogP contribution in [0.5, 0.6) is 0 Å². The summed E-state index contributed by atoms with van der Waals surface area (Å²) in [6.45, 7) is 8.08. The van der Waals surface area contributed by atoms with Gasteiger partial charge in [-0.3, -0.25) is 19.8 Å². The van der Waals surface area contributed by atoms with Crippen molar-refractivity contribution in [1.82, 2.24) is 19.4 Å². The van der Waals surface area contributed by atoms with Crippen molar-refractivity contribution in [1.29, 1.82) is 0 Å². The van der Waals surface area contributed by atoms with Gasteiger partial charge in [0.15, 0.2) is 0 Å². The van der Waals surface area contributed by atoms with Crippen LogP contribution in [0.4, 0.5) is 17.1 Å². The summed E-state index contributed by atoms with van der Waals surface area (Å²) in [5, 5.41) is 16.5. The second-order valence-electron chi connectivity index (χ2n) is 17.0. The van der Waals surface area contributed by atoms with E-state index in [1.807, 2.05) is 72.8 Å². The number of hydrogen-bond acceptors (Lipinski definition) is 11. The lowest BCUT2D eigenvalue weighted by atomic mass is 9.93. The highest BCUT2D eigenvalue weighted by atomic mass is 35.5. The number of likely N-dealkylation sites (tertiary alicyclic amines) is 1. The van der Waals surface area contributed by atoms with Crippen molar-refractivity contribution < 1.29 is 18.1 Å². The number of piperazine rings is 1. The predicted molar refractivity (Wildman–Crippen MR) is 260 cm³/mol. The Balaban J connectivity index is 0.947. The fourth-order valence-corrected chi connectivity index (χ4v) is 10.5. The van der Waals surface area contributed by atoms with Crippen molar-refractivity contribution in [2.45, 2.75) is 48.1 Å². The molecule has 5 aromatic rings. The van der Waals surface area contributed by atoms with Crippen molar-refractivity contribution in [3.63, 3.8) is 0 Å². The number of rotatable bonds is 19. The molecule has 0 unspecified atom stereocenters. The minimum Gasteiger partial charge on any atom is -0.376 e. The number of amides is 1. The van der Waals surface area contributed by atoms with Crippen LogP contribution in [-0.2, 0) is 16.6 Å². The second kappa shape index (κ2) is 22.3. The highest BCUT2D eigenvalue weighted by Gasteiger charge is 2.27. The molecule has 0 aliphatic carbocycles. The number of hydrogen-bond donors (Lipinski definition) is 2. The smallest absolute Gasteiger partial charge is 0.293 e. The summed E-state index contributed by atoms with van der Waals surface area (Å²) in [7, 11) is -0.223. The lowest BCUT2D eigenvalue weighted by molar-refractivity contribution is -0.384. The van der Waals surface area contributed by atoms with E-state index in [1.165, 1.54) is 29.7 Å². The van der Waals surface area contributed by atoms with Crippen molar-refractivity contribution in [2.75, 3.05) is 82.4 Å². The number of halogens is 1. The van der Waals surface area contributed by atoms with Crippen LogP contribution in [0.25, 0.3) is 11.1 Å². The van der Waals surface area contributed by atoms with Crippen LogP contribution in [0, 0.1) is 16.0 Å². The monoisotopic (exact) mass is 923 g/mol. The maximum absolute atomic E-state index is 13.5. The van der Waals surface area contributed by atoms with Crippen molar-refractivity contribution in [3.8, 4) is 11.1 Å². The Labute approximate surface area is 387 Å². The van der Waals surface area contributed by atoms with Gasteiger partial charge >= 0.3 is 0 Å². The number of anilines is 2. The molecule has 2 aliphatic heterocycles. The third-order valence-electron chi connectivity index (χ3n) is 12.2. The zero-order chi connectivity index (χ0) is 45.1. The molecular formula is C49H58ClN7O5S2. The Hall–Kier alpha value is -4.96. The number of benzene rings is 5. The van der Waals surface area contributed by atoms with Gasteiger partial charge in [-0.25, -0.2) is 13.1 Å². The molecule has 5 aromatic carbocycles. The van der Waals surface area contributed by atoms with Crippen LogP contribution in [0.1, 0.15) is 41.6 Å². The molecule has 1 amide bonds. The van der Waals surface area contributed by atoms with Crippen LogP contribution < -0.4 is 14.9 Å². The molecule has 0 radical (unpaired) electrons. The highest BCUT2D eigenvalue weighted by molar-refractivity contribution is 7.99. The molecule has 0 spiro atoms. The average molecular weight is 925 g/mol. The number of carbonyl (C=O) groups is 1. The molecule has 2 heterocycles. The quantitative estimate of drug-likeness (QED) is 0.0468. The lowest BCUT2D eigenvalue weighted by Crippen LogP contribution is -2.46. The zero-order valence-corrected chi connectivity index (χ0v) is 39.0. The van der Waals surface area contributed by atoms with Gasteiger partial charge in [-0.05, 0) is 143 Å². The Kier molecular flexibility index (Phi) is 16.4. The molecule has 0 saturated carbocycles. The number of piperidine rings is 1. The minimum atomic E-state index is -4.45. The summed E-state index contributed by atoms with van der Waals surface area (Å²) in [5.74, 6) is 0.566. The van der Waals surface area contributed by atoms with Crippen LogP contribution in [0.15, 0.2) is 131 Å². The Bertz CT molecular complexity index is 2430. The molecule has 0 bridgehead atoms. The molecule has 0 aromatic heterocycles. The first-order valence-corrected chi connectivity index (χ1v) is 24.8. The number of nitro groups is 1. The Morgan fingerprint density at radius 1 is 0.859 bits per heavy atom. The summed E-state index contributed by atoms with van der Waals surface area (Å²) >= 11 is 7.81. The molecule has 2 fully saturated rings. The Morgan fingerprint density at radius 3 is 2.23 bits per heavy atom. The molecule has 64 heavy (non-hydrogen) atoms. The molecule has 2 aliphatic rings. The first-order chi connectivity index (χ1) is 30.9. The van der Waals surface area contributed by atoms with Gasteiger partial charge < -0.3 is 20.0 Å². The Morgan fingerprint density at radius 2 is 1.55 bits per heavy atom. The van der Waals surface area contributed by atoms with Crippen molar-refractivity contribution in [3.05, 3.63) is 148 Å². The molecule has 12 nitrogen and oxygen atoms in total. The summed E-state index contributed by atoms with van der Waals surface area (Å²) in [6.07, 6.45) is 4.28. The van der Waals surface area contributed by atoms with Gasteiger partial charge in [0.05, 0.1) is 9.82 Å². The molecule has 7 rings (SSSR count). The van der Waals surface area contributed by atoms with E-state index < -0.39 is 20.9 Å². The SMILES string of the molecule is CN(C)CCC1CCN(CC[C@H](CSc2ccccc2)Nc2ccc(S(=O)(=O)NC(=O)c3ccc(N4CCN(Cc5ccccc5-c5ccc(Cl)cc5)CC4)cc3)cc2[N+](=O)[O-])CC1. The third-order valence-corrected chi connectivity index (χ3v) is 14.9. The first kappa shape index (κ1) is 47.0. The van der Waals surface area contributed by atoms with Crippen molar-refractivity contribution >= 4 is 56.4 Å². The van der Waals surface area contributed by atoms with Gasteiger partial charge in [0.2, 0.25) is 0 Å². The van der Waals surface area contributed by atoms with Crippen LogP contribution in [-0.4, -0.2) is 112 Å². The largest absolute Gasteiger partial charge is 0.376 e. The van der Waals surface area contributed by atoms with Gasteiger partial charge in [-0.2, -0.15) is 0 Å². The highest BCUT2D eigenvalue weighted by Crippen LogP contribution is 2.31. The van der Waals surface area contributed by atoms with E-state index in [4.69, 9.17) is 11.6 Å². The van der Waals surface area contributed by atoms with Crippen molar-refractivity contribution in [2.24, 2.45) is 5.92 Å². The number of sulfonamides is 1. The van der Waals surface area contributed by atoms with Gasteiger partial charge in [-0.1, -0.05) is 66.2 Å². The van der Waals surface area contributed by atoms with E-state index in [-0.39, 0.29) is 27.9 Å². The fraction of sp³-hybridized carbons (Fsp3) is 0.367. The van der Waals surface area contributed by atoms with Gasteiger partial charge in [0, 0.05) is 78.3 Å². The molecular weight excluding hydrogens is 866 g/mol. The van der Waals surface area contributed by atoms with Gasteiger partial charge in [0.25, 0.3) is 21.6 Å². The average Bonchev–Trinajstić information content (AvgIpc) is 3.30. The molecule has 2 saturated heterocycles. The number of nitrogens with one attached hydrogen (secondary N) is 2. The van der Waals surface area contributed by atoms with E-state index in [2.05, 4.69) is 61.9 Å². The number of carbonyl (C=O) groups excluding carboxylic acids is 1. The maximum Gasteiger partial charge on any atom is 0.293 e. The maximum atomic E-state index is 13.5. The van der Waals surface area contributed by atoms with E-state index >= 15 is 0 Å². The summed E-state index contributed by atoms with van der Waals surface area (Å²) < 4.78 is 29.2. The first-order valence-electron chi connectivity index (χ1n) is 22.0.